The highest BCUT2D eigenvalue weighted by Crippen LogP contribution is 2.32. The Morgan fingerprint density at radius 2 is 2.21 bits per heavy atom. The Labute approximate surface area is 134 Å². The van der Waals surface area contributed by atoms with Crippen molar-refractivity contribution in [2.75, 3.05) is 13.1 Å². The number of alkyl halides is 3. The number of amides is 1. The third-order valence-corrected chi connectivity index (χ3v) is 3.91. The zero-order valence-corrected chi connectivity index (χ0v) is 12.7. The predicted molar refractivity (Wildman–Crippen MR) is 75.3 cm³/mol. The normalized spacial score (nSPS) is 21.3. The first-order valence-corrected chi connectivity index (χ1v) is 7.11. The van der Waals surface area contributed by atoms with E-state index in [0.717, 1.165) is 12.3 Å². The summed E-state index contributed by atoms with van der Waals surface area (Å²) in [6, 6.07) is 2.19. The van der Waals surface area contributed by atoms with Crippen LogP contribution in [0.2, 0.25) is 0 Å². The molecule has 24 heavy (non-hydrogen) atoms. The summed E-state index contributed by atoms with van der Waals surface area (Å²) in [6.45, 7) is 2.10. The van der Waals surface area contributed by atoms with Gasteiger partial charge in [-0.2, -0.15) is 18.2 Å². The lowest BCUT2D eigenvalue weighted by Gasteiger charge is -2.19. The molecule has 1 saturated heterocycles. The Morgan fingerprint density at radius 3 is 2.83 bits per heavy atom. The first-order chi connectivity index (χ1) is 11.2. The number of hydrogen-bond acceptors (Lipinski definition) is 6. The molecule has 2 aromatic heterocycles. The summed E-state index contributed by atoms with van der Waals surface area (Å²) in [4.78, 5) is 20.4. The summed E-state index contributed by atoms with van der Waals surface area (Å²) in [5.74, 6) is -0.0402. The van der Waals surface area contributed by atoms with E-state index in [1.807, 2.05) is 0 Å². The zero-order valence-electron chi connectivity index (χ0n) is 12.7. The topological polar surface area (TPSA) is 98.1 Å². The molecule has 10 heteroatoms. The van der Waals surface area contributed by atoms with E-state index in [1.54, 1.807) is 4.90 Å². The van der Waals surface area contributed by atoms with Crippen LogP contribution >= 0.6 is 0 Å². The second-order valence-electron chi connectivity index (χ2n) is 5.70. The Hall–Kier alpha value is -2.49. The summed E-state index contributed by atoms with van der Waals surface area (Å²) in [5, 5.41) is 3.70. The molecule has 3 rings (SSSR count). The van der Waals surface area contributed by atoms with Crippen LogP contribution in [0.3, 0.4) is 0 Å². The van der Waals surface area contributed by atoms with Crippen LogP contribution in [0.15, 0.2) is 22.9 Å². The van der Waals surface area contributed by atoms with Gasteiger partial charge in [-0.3, -0.25) is 9.78 Å². The smallest absolute Gasteiger partial charge is 0.340 e. The maximum Gasteiger partial charge on any atom is 0.433 e. The fourth-order valence-corrected chi connectivity index (χ4v) is 2.54. The Morgan fingerprint density at radius 1 is 1.46 bits per heavy atom. The predicted octanol–water partition coefficient (Wildman–Crippen LogP) is 1.56. The van der Waals surface area contributed by atoms with Crippen molar-refractivity contribution in [3.05, 3.63) is 29.9 Å². The molecule has 0 bridgehead atoms. The molecule has 0 spiro atoms. The highest BCUT2D eigenvalue weighted by molar-refractivity contribution is 5.73. The van der Waals surface area contributed by atoms with Crippen LogP contribution in [0.5, 0.6) is 0 Å². The van der Waals surface area contributed by atoms with Gasteiger partial charge in [-0.1, -0.05) is 5.16 Å². The third-order valence-electron chi connectivity index (χ3n) is 3.91. The van der Waals surface area contributed by atoms with Crippen molar-refractivity contribution < 1.29 is 22.5 Å². The quantitative estimate of drug-likeness (QED) is 0.890. The molecule has 1 unspecified atom stereocenters. The van der Waals surface area contributed by atoms with E-state index in [9.17, 15) is 18.0 Å². The largest absolute Gasteiger partial charge is 0.433 e. The van der Waals surface area contributed by atoms with Crippen LogP contribution in [0.1, 0.15) is 24.9 Å². The van der Waals surface area contributed by atoms with Gasteiger partial charge in [-0.15, -0.1) is 0 Å². The van der Waals surface area contributed by atoms with Crippen LogP contribution in [-0.4, -0.2) is 39.0 Å². The molecule has 1 atom stereocenters. The lowest BCUT2D eigenvalue weighted by molar-refractivity contribution is -0.141. The van der Waals surface area contributed by atoms with Crippen molar-refractivity contribution in [2.24, 2.45) is 5.73 Å². The summed E-state index contributed by atoms with van der Waals surface area (Å²) in [6.07, 6.45) is -3.11. The fraction of sp³-hybridized carbons (Fsp3) is 0.429. The Bertz CT molecular complexity index is 776. The fourth-order valence-electron chi connectivity index (χ4n) is 2.54. The highest BCUT2D eigenvalue weighted by Gasteiger charge is 2.42. The number of carbonyl (C=O) groups excluding carboxylic acids is 1. The number of nitrogens with zero attached hydrogens (tertiary/aromatic N) is 4. The molecule has 1 aliphatic rings. The summed E-state index contributed by atoms with van der Waals surface area (Å²) in [5.41, 5.74) is 4.29. The number of likely N-dealkylation sites (tertiary alicyclic amines) is 1. The molecule has 1 fully saturated rings. The van der Waals surface area contributed by atoms with Gasteiger partial charge in [-0.25, -0.2) is 0 Å². The van der Waals surface area contributed by atoms with Gasteiger partial charge < -0.3 is 15.2 Å². The van der Waals surface area contributed by atoms with E-state index >= 15 is 0 Å². The summed E-state index contributed by atoms with van der Waals surface area (Å²) in [7, 11) is 0. The van der Waals surface area contributed by atoms with Gasteiger partial charge in [0.05, 0.1) is 0 Å². The van der Waals surface area contributed by atoms with Crippen molar-refractivity contribution in [3.8, 4) is 11.4 Å². The lowest BCUT2D eigenvalue weighted by atomic mass is 10.0. The molecule has 2 N–H and O–H groups in total. The second kappa shape index (κ2) is 5.55. The van der Waals surface area contributed by atoms with Gasteiger partial charge in [0, 0.05) is 31.8 Å². The molecule has 128 valence electrons. The molecular formula is C14H14F3N5O2. The lowest BCUT2D eigenvalue weighted by Crippen LogP contribution is -2.41. The van der Waals surface area contributed by atoms with E-state index in [-0.39, 0.29) is 29.7 Å². The maximum atomic E-state index is 12.7. The molecule has 0 aromatic carbocycles. The zero-order chi connectivity index (χ0) is 17.5. The molecule has 2 aromatic rings. The van der Waals surface area contributed by atoms with Crippen LogP contribution in [0.25, 0.3) is 11.4 Å². The number of hydrogen-bond donors (Lipinski definition) is 1. The van der Waals surface area contributed by atoms with Gasteiger partial charge in [-0.05, 0) is 18.6 Å². The molecule has 1 aliphatic heterocycles. The van der Waals surface area contributed by atoms with Crippen molar-refractivity contribution in [3.63, 3.8) is 0 Å². The van der Waals surface area contributed by atoms with Gasteiger partial charge in [0.25, 0.3) is 0 Å². The number of rotatable bonds is 2. The molecule has 3 heterocycles. The average molecular weight is 341 g/mol. The van der Waals surface area contributed by atoms with Crippen LogP contribution in [0, 0.1) is 0 Å². The first-order valence-electron chi connectivity index (χ1n) is 7.11. The van der Waals surface area contributed by atoms with Crippen LogP contribution in [0.4, 0.5) is 13.2 Å². The van der Waals surface area contributed by atoms with Crippen molar-refractivity contribution in [1.82, 2.24) is 20.0 Å². The van der Waals surface area contributed by atoms with E-state index < -0.39 is 17.4 Å². The van der Waals surface area contributed by atoms with Crippen molar-refractivity contribution >= 4 is 5.91 Å². The van der Waals surface area contributed by atoms with Gasteiger partial charge in [0.1, 0.15) is 11.2 Å². The minimum absolute atomic E-state index is 0.0102. The Kier molecular flexibility index (Phi) is 3.78. The molecule has 1 amide bonds. The van der Waals surface area contributed by atoms with Crippen molar-refractivity contribution in [1.29, 1.82) is 0 Å². The van der Waals surface area contributed by atoms with E-state index in [0.29, 0.717) is 13.0 Å². The number of aromatic nitrogens is 3. The maximum absolute atomic E-state index is 12.7. The summed E-state index contributed by atoms with van der Waals surface area (Å²) >= 11 is 0. The van der Waals surface area contributed by atoms with Gasteiger partial charge in [0.15, 0.2) is 0 Å². The number of pyridine rings is 1. The molecule has 0 aliphatic carbocycles. The Balaban J connectivity index is 1.88. The van der Waals surface area contributed by atoms with Crippen molar-refractivity contribution in [2.45, 2.75) is 25.1 Å². The van der Waals surface area contributed by atoms with E-state index in [1.165, 1.54) is 13.0 Å². The molecule has 0 saturated carbocycles. The monoisotopic (exact) mass is 341 g/mol. The SMILES string of the molecule is CC(=O)N1CCC(N)(c2nc(-c3ccnc(C(F)(F)F)c3)no2)C1. The third kappa shape index (κ3) is 2.96. The minimum atomic E-state index is -4.56. The van der Waals surface area contributed by atoms with Crippen LogP contribution in [-0.2, 0) is 16.5 Å². The molecule has 7 nitrogen and oxygen atoms in total. The van der Waals surface area contributed by atoms with E-state index in [4.69, 9.17) is 10.3 Å². The summed E-state index contributed by atoms with van der Waals surface area (Å²) < 4.78 is 43.3. The number of carbonyl (C=O) groups is 1. The minimum Gasteiger partial charge on any atom is -0.340 e. The molecular weight excluding hydrogens is 327 g/mol. The van der Waals surface area contributed by atoms with Gasteiger partial charge in [0.2, 0.25) is 17.6 Å². The molecule has 0 radical (unpaired) electrons. The standard InChI is InChI=1S/C14H14F3N5O2/c1-8(23)22-5-3-13(18,7-22)12-20-11(21-24-12)9-2-4-19-10(6-9)14(15,16)17/h2,4,6H,3,5,7,18H2,1H3. The van der Waals surface area contributed by atoms with E-state index in [2.05, 4.69) is 15.1 Å². The highest BCUT2D eigenvalue weighted by atomic mass is 19.4. The van der Waals surface area contributed by atoms with Gasteiger partial charge >= 0.3 is 6.18 Å². The van der Waals surface area contributed by atoms with Crippen LogP contribution < -0.4 is 5.73 Å². The number of halogens is 3. The number of nitrogens with two attached hydrogens (primary N) is 1. The second-order valence-corrected chi connectivity index (χ2v) is 5.70. The first kappa shape index (κ1) is 16.4. The average Bonchev–Trinajstić information content (AvgIpc) is 3.14.